The molecule has 0 heterocycles. The van der Waals surface area contributed by atoms with Crippen LogP contribution in [0.4, 0.5) is 0 Å². The highest BCUT2D eigenvalue weighted by Crippen LogP contribution is 2.24. The molecule has 0 amide bonds. The molecule has 62 heavy (non-hydrogen) atoms. The summed E-state index contributed by atoms with van der Waals surface area (Å²) in [5.74, 6) is 1.02. The number of hydrogen-bond acceptors (Lipinski definition) is 7. The highest BCUT2D eigenvalue weighted by Gasteiger charge is 2.22. The van der Waals surface area contributed by atoms with E-state index in [4.69, 9.17) is 9.47 Å². The third kappa shape index (κ3) is 36.1. The summed E-state index contributed by atoms with van der Waals surface area (Å²) in [5.41, 5.74) is 0. The van der Waals surface area contributed by atoms with Crippen LogP contribution < -0.4 is 0 Å². The van der Waals surface area contributed by atoms with Crippen LogP contribution in [0.1, 0.15) is 272 Å². The van der Waals surface area contributed by atoms with Crippen LogP contribution >= 0.6 is 0 Å². The number of esters is 2. The second kappa shape index (κ2) is 45.0. The molecule has 1 rings (SSSR count). The highest BCUT2D eigenvalue weighted by molar-refractivity contribution is 5.69. The Morgan fingerprint density at radius 1 is 0.452 bits per heavy atom. The van der Waals surface area contributed by atoms with Gasteiger partial charge >= 0.3 is 11.9 Å². The molecule has 0 aromatic carbocycles. The lowest BCUT2D eigenvalue weighted by Crippen LogP contribution is -2.43. The fraction of sp³-hybridized carbons (Fsp3) is 0.964. The van der Waals surface area contributed by atoms with E-state index in [1.54, 1.807) is 0 Å². The van der Waals surface area contributed by atoms with Crippen LogP contribution in [0.2, 0.25) is 0 Å². The van der Waals surface area contributed by atoms with E-state index in [2.05, 4.69) is 37.5 Å². The zero-order chi connectivity index (χ0) is 45.0. The molecule has 1 saturated carbocycles. The minimum Gasteiger partial charge on any atom is -0.465 e. The molecule has 2 unspecified atom stereocenters. The molecule has 0 aliphatic heterocycles. The Bertz CT molecular complexity index is 900. The van der Waals surface area contributed by atoms with Crippen molar-refractivity contribution in [1.29, 1.82) is 0 Å². The van der Waals surface area contributed by atoms with E-state index in [-0.39, 0.29) is 18.5 Å². The number of unbranched alkanes of at least 4 members (excludes halogenated alkanes) is 20. The average Bonchev–Trinajstić information content (AvgIpc) is 3.28. The zero-order valence-electron chi connectivity index (χ0n) is 42.2. The number of aliphatic hydroxyl groups excluding tert-OH is 1. The SMILES string of the molecule is CCCCCCCCC(CCCCCC)COC(=O)CCCCCN(CCCCCC(=O)OCC(CCCCCC)CCCCCCCC)CCN(CCCO)C1CCCCC1. The van der Waals surface area contributed by atoms with Gasteiger partial charge in [-0.1, -0.05) is 188 Å². The maximum Gasteiger partial charge on any atom is 0.305 e. The third-order valence-electron chi connectivity index (χ3n) is 13.9. The monoisotopic (exact) mass is 877 g/mol. The van der Waals surface area contributed by atoms with Crippen molar-refractivity contribution < 1.29 is 24.2 Å². The summed E-state index contributed by atoms with van der Waals surface area (Å²) in [5, 5.41) is 9.66. The first-order valence-corrected chi connectivity index (χ1v) is 27.9. The second-order valence-corrected chi connectivity index (χ2v) is 19.8. The molecule has 0 spiro atoms. The third-order valence-corrected chi connectivity index (χ3v) is 13.9. The van der Waals surface area contributed by atoms with Gasteiger partial charge in [-0.15, -0.1) is 0 Å². The summed E-state index contributed by atoms with van der Waals surface area (Å²) in [6.07, 6.45) is 45.4. The number of nitrogens with zero attached hydrogens (tertiary/aromatic N) is 2. The minimum absolute atomic E-state index is 0.00538. The Labute approximate surface area is 386 Å². The van der Waals surface area contributed by atoms with Crippen molar-refractivity contribution in [1.82, 2.24) is 9.80 Å². The number of rotatable bonds is 47. The number of aliphatic hydroxyl groups is 1. The van der Waals surface area contributed by atoms with Crippen LogP contribution in [0.5, 0.6) is 0 Å². The number of ether oxygens (including phenoxy) is 2. The number of hydrogen-bond donors (Lipinski definition) is 1. The molecular formula is C55H108N2O5. The Morgan fingerprint density at radius 2 is 0.839 bits per heavy atom. The van der Waals surface area contributed by atoms with Crippen molar-refractivity contribution >= 4 is 11.9 Å². The van der Waals surface area contributed by atoms with E-state index in [1.165, 1.54) is 186 Å². The average molecular weight is 877 g/mol. The van der Waals surface area contributed by atoms with Gasteiger partial charge < -0.3 is 19.5 Å². The highest BCUT2D eigenvalue weighted by atomic mass is 16.5. The van der Waals surface area contributed by atoms with E-state index in [0.29, 0.717) is 43.9 Å². The van der Waals surface area contributed by atoms with Gasteiger partial charge in [-0.3, -0.25) is 14.5 Å². The minimum atomic E-state index is -0.00538. The van der Waals surface area contributed by atoms with Crippen LogP contribution in [0.25, 0.3) is 0 Å². The van der Waals surface area contributed by atoms with Gasteiger partial charge in [0.25, 0.3) is 0 Å². The Hall–Kier alpha value is -1.18. The quantitative estimate of drug-likeness (QED) is 0.0482. The summed E-state index contributed by atoms with van der Waals surface area (Å²) in [6, 6.07) is 0.651. The van der Waals surface area contributed by atoms with Gasteiger partial charge in [0.2, 0.25) is 0 Å². The molecule has 0 aromatic heterocycles. The van der Waals surface area contributed by atoms with Gasteiger partial charge in [0.15, 0.2) is 0 Å². The lowest BCUT2D eigenvalue weighted by molar-refractivity contribution is -0.146. The Balaban J connectivity index is 2.58. The molecule has 7 heteroatoms. The predicted octanol–water partition coefficient (Wildman–Crippen LogP) is 15.2. The Kier molecular flexibility index (Phi) is 42.7. The van der Waals surface area contributed by atoms with Crippen molar-refractivity contribution in [2.24, 2.45) is 11.8 Å². The molecule has 1 aliphatic carbocycles. The van der Waals surface area contributed by atoms with Gasteiger partial charge in [-0.2, -0.15) is 0 Å². The largest absolute Gasteiger partial charge is 0.465 e. The summed E-state index contributed by atoms with van der Waals surface area (Å²) in [7, 11) is 0. The molecule has 1 aliphatic rings. The standard InChI is InChI=1S/C55H108N2O5/c1-5-9-13-17-19-26-37-51(35-24-15-11-7-3)49-61-54(59)41-30-22-32-43-56(46-47-57(45-34-48-58)53-39-28-21-29-40-53)44-33-23-31-42-55(60)62-50-52(36-25-16-12-8-4)38-27-20-18-14-10-6-2/h51-53,58H,5-50H2,1-4H3. The number of carbonyl (C=O) groups is 2. The summed E-state index contributed by atoms with van der Waals surface area (Å²) >= 11 is 0. The normalized spacial score (nSPS) is 14.5. The van der Waals surface area contributed by atoms with Crippen molar-refractivity contribution in [2.75, 3.05) is 52.5 Å². The lowest BCUT2D eigenvalue weighted by atomic mass is 9.94. The fourth-order valence-electron chi connectivity index (χ4n) is 9.70. The number of carbonyl (C=O) groups excluding carboxylic acids is 2. The molecule has 0 saturated heterocycles. The maximum atomic E-state index is 12.9. The van der Waals surface area contributed by atoms with Crippen LogP contribution in [0, 0.1) is 11.8 Å². The van der Waals surface area contributed by atoms with E-state index in [0.717, 1.165) is 77.7 Å². The molecule has 0 aromatic rings. The first-order valence-electron chi connectivity index (χ1n) is 27.9. The van der Waals surface area contributed by atoms with Gasteiger partial charge in [-0.05, 0) is 95.6 Å². The summed E-state index contributed by atoms with van der Waals surface area (Å²) in [6.45, 7) is 15.7. The molecule has 7 nitrogen and oxygen atoms in total. The van der Waals surface area contributed by atoms with E-state index >= 15 is 0 Å². The van der Waals surface area contributed by atoms with Crippen molar-refractivity contribution in [3.05, 3.63) is 0 Å². The van der Waals surface area contributed by atoms with E-state index < -0.39 is 0 Å². The van der Waals surface area contributed by atoms with Gasteiger partial charge in [0, 0.05) is 45.1 Å². The first kappa shape index (κ1) is 58.8. The van der Waals surface area contributed by atoms with E-state index in [9.17, 15) is 14.7 Å². The van der Waals surface area contributed by atoms with Gasteiger partial charge in [0.1, 0.15) is 0 Å². The predicted molar refractivity (Wildman–Crippen MR) is 266 cm³/mol. The van der Waals surface area contributed by atoms with Crippen LogP contribution in [-0.2, 0) is 19.1 Å². The Morgan fingerprint density at radius 3 is 1.26 bits per heavy atom. The van der Waals surface area contributed by atoms with Crippen LogP contribution in [0.15, 0.2) is 0 Å². The second-order valence-electron chi connectivity index (χ2n) is 19.8. The summed E-state index contributed by atoms with van der Waals surface area (Å²) in [4.78, 5) is 31.0. The molecule has 1 N–H and O–H groups in total. The van der Waals surface area contributed by atoms with Crippen LogP contribution in [-0.4, -0.2) is 85.4 Å². The molecule has 2 atom stereocenters. The molecule has 0 radical (unpaired) electrons. The lowest BCUT2D eigenvalue weighted by Gasteiger charge is -2.36. The smallest absolute Gasteiger partial charge is 0.305 e. The van der Waals surface area contributed by atoms with Crippen molar-refractivity contribution in [3.63, 3.8) is 0 Å². The van der Waals surface area contributed by atoms with Gasteiger partial charge in [-0.25, -0.2) is 0 Å². The zero-order valence-corrected chi connectivity index (χ0v) is 42.2. The van der Waals surface area contributed by atoms with Crippen molar-refractivity contribution in [3.8, 4) is 0 Å². The maximum absolute atomic E-state index is 12.9. The topological polar surface area (TPSA) is 79.3 Å². The first-order chi connectivity index (χ1) is 30.5. The van der Waals surface area contributed by atoms with Crippen molar-refractivity contribution in [2.45, 2.75) is 278 Å². The molecule has 1 fully saturated rings. The van der Waals surface area contributed by atoms with E-state index in [1.807, 2.05) is 0 Å². The molecule has 0 bridgehead atoms. The van der Waals surface area contributed by atoms with Gasteiger partial charge in [0.05, 0.1) is 13.2 Å². The molecular weight excluding hydrogens is 769 g/mol. The van der Waals surface area contributed by atoms with Crippen LogP contribution in [0.3, 0.4) is 0 Å². The fourth-order valence-corrected chi connectivity index (χ4v) is 9.70. The molecule has 368 valence electrons. The summed E-state index contributed by atoms with van der Waals surface area (Å²) < 4.78 is 11.8.